The van der Waals surface area contributed by atoms with Crippen LogP contribution in [0.5, 0.6) is 0 Å². The molecule has 3 rings (SSSR count). The van der Waals surface area contributed by atoms with Crippen LogP contribution in [-0.2, 0) is 4.79 Å². The first kappa shape index (κ1) is 16.6. The number of amides is 1. The molecule has 3 N–H and O–H groups in total. The summed E-state index contributed by atoms with van der Waals surface area (Å²) < 4.78 is 0. The molecule has 0 aromatic rings. The third-order valence-corrected chi connectivity index (χ3v) is 6.20. The first-order valence-corrected chi connectivity index (χ1v) is 9.39. The quantitative estimate of drug-likeness (QED) is 0.601. The standard InChI is InChI=1S/C18H32N4O/c1-20-18(22-8-2-3-14(12-22)11-17(19)23)21-7-6-16-10-13-4-5-15(16)9-13/h13-16H,2-12H2,1H3,(H2,19,23)(H,20,21). The number of nitrogens with one attached hydrogen (secondary N) is 1. The normalized spacial score (nSPS) is 34.0. The van der Waals surface area contributed by atoms with E-state index in [1.165, 1.54) is 32.1 Å². The van der Waals surface area contributed by atoms with Crippen molar-refractivity contribution in [3.63, 3.8) is 0 Å². The highest BCUT2D eigenvalue weighted by Gasteiger charge is 2.38. The zero-order valence-electron chi connectivity index (χ0n) is 14.5. The maximum atomic E-state index is 11.2. The second-order valence-corrected chi connectivity index (χ2v) is 7.82. The SMILES string of the molecule is CN=C(NCCC1CC2CCC1C2)N1CCCC(CC(N)=O)C1. The van der Waals surface area contributed by atoms with Crippen molar-refractivity contribution in [2.24, 2.45) is 34.4 Å². The van der Waals surface area contributed by atoms with Crippen molar-refractivity contribution in [3.05, 3.63) is 0 Å². The molecular formula is C18H32N4O. The van der Waals surface area contributed by atoms with Gasteiger partial charge in [0.25, 0.3) is 0 Å². The van der Waals surface area contributed by atoms with Crippen LogP contribution in [0, 0.1) is 23.7 Å². The first-order chi connectivity index (χ1) is 11.2. The number of carbonyl (C=O) groups is 1. The molecule has 1 amide bonds. The van der Waals surface area contributed by atoms with Gasteiger partial charge in [-0.05, 0) is 62.2 Å². The third-order valence-electron chi connectivity index (χ3n) is 6.20. The minimum Gasteiger partial charge on any atom is -0.370 e. The number of carbonyl (C=O) groups excluding carboxylic acids is 1. The van der Waals surface area contributed by atoms with Crippen molar-refractivity contribution in [2.75, 3.05) is 26.7 Å². The van der Waals surface area contributed by atoms with Crippen LogP contribution in [0.15, 0.2) is 4.99 Å². The van der Waals surface area contributed by atoms with Crippen molar-refractivity contribution in [1.82, 2.24) is 10.2 Å². The highest BCUT2D eigenvalue weighted by Crippen LogP contribution is 2.49. The van der Waals surface area contributed by atoms with Gasteiger partial charge in [0.05, 0.1) is 0 Å². The number of rotatable bonds is 5. The number of hydrogen-bond donors (Lipinski definition) is 2. The Kier molecular flexibility index (Phi) is 5.44. The van der Waals surface area contributed by atoms with E-state index in [4.69, 9.17) is 5.73 Å². The van der Waals surface area contributed by atoms with Crippen LogP contribution in [0.4, 0.5) is 0 Å². The minimum atomic E-state index is -0.184. The van der Waals surface area contributed by atoms with Crippen molar-refractivity contribution in [2.45, 2.75) is 51.4 Å². The molecule has 0 aromatic carbocycles. The molecule has 2 saturated carbocycles. The zero-order valence-corrected chi connectivity index (χ0v) is 14.5. The van der Waals surface area contributed by atoms with Crippen LogP contribution in [0.3, 0.4) is 0 Å². The predicted octanol–water partition coefficient (Wildman–Crippen LogP) is 1.98. The van der Waals surface area contributed by atoms with E-state index in [0.29, 0.717) is 12.3 Å². The molecule has 2 aliphatic carbocycles. The van der Waals surface area contributed by atoms with Crippen LogP contribution in [0.2, 0.25) is 0 Å². The number of aliphatic imine (C=N–C) groups is 1. The highest BCUT2D eigenvalue weighted by atomic mass is 16.1. The Balaban J connectivity index is 1.43. The van der Waals surface area contributed by atoms with Crippen molar-refractivity contribution in [3.8, 4) is 0 Å². The Morgan fingerprint density at radius 1 is 1.30 bits per heavy atom. The fourth-order valence-electron chi connectivity index (χ4n) is 5.14. The summed E-state index contributed by atoms with van der Waals surface area (Å²) in [6.07, 6.45) is 9.87. The molecule has 0 aromatic heterocycles. The van der Waals surface area contributed by atoms with Gasteiger partial charge in [-0.25, -0.2) is 0 Å². The summed E-state index contributed by atoms with van der Waals surface area (Å²) in [6, 6.07) is 0. The summed E-state index contributed by atoms with van der Waals surface area (Å²) in [6.45, 7) is 2.96. The summed E-state index contributed by atoms with van der Waals surface area (Å²) in [5.41, 5.74) is 5.35. The fourth-order valence-corrected chi connectivity index (χ4v) is 5.14. The molecule has 1 aliphatic heterocycles. The largest absolute Gasteiger partial charge is 0.370 e. The number of hydrogen-bond acceptors (Lipinski definition) is 2. The molecule has 3 aliphatic rings. The summed E-state index contributed by atoms with van der Waals surface area (Å²) in [5, 5.41) is 3.56. The van der Waals surface area contributed by atoms with E-state index in [0.717, 1.165) is 56.2 Å². The first-order valence-electron chi connectivity index (χ1n) is 9.39. The molecule has 0 radical (unpaired) electrons. The number of nitrogens with zero attached hydrogens (tertiary/aromatic N) is 2. The van der Waals surface area contributed by atoms with Crippen LogP contribution in [0.25, 0.3) is 0 Å². The van der Waals surface area contributed by atoms with E-state index in [9.17, 15) is 4.79 Å². The summed E-state index contributed by atoms with van der Waals surface area (Å²) in [5.74, 6) is 4.16. The highest BCUT2D eigenvalue weighted by molar-refractivity contribution is 5.80. The maximum absolute atomic E-state index is 11.2. The molecule has 1 heterocycles. The maximum Gasteiger partial charge on any atom is 0.217 e. The van der Waals surface area contributed by atoms with Crippen molar-refractivity contribution >= 4 is 11.9 Å². The molecule has 1 saturated heterocycles. The summed E-state index contributed by atoms with van der Waals surface area (Å²) >= 11 is 0. The molecule has 23 heavy (non-hydrogen) atoms. The zero-order chi connectivity index (χ0) is 16.2. The van der Waals surface area contributed by atoms with Gasteiger partial charge in [-0.3, -0.25) is 9.79 Å². The van der Waals surface area contributed by atoms with Gasteiger partial charge in [-0.2, -0.15) is 0 Å². The van der Waals surface area contributed by atoms with Gasteiger partial charge in [-0.15, -0.1) is 0 Å². The molecule has 2 bridgehead atoms. The minimum absolute atomic E-state index is 0.184. The Labute approximate surface area is 140 Å². The van der Waals surface area contributed by atoms with Crippen LogP contribution in [0.1, 0.15) is 51.4 Å². The van der Waals surface area contributed by atoms with E-state index in [1.807, 2.05) is 7.05 Å². The van der Waals surface area contributed by atoms with Gasteiger partial charge in [0, 0.05) is 33.1 Å². The summed E-state index contributed by atoms with van der Waals surface area (Å²) in [4.78, 5) is 17.9. The van der Waals surface area contributed by atoms with Gasteiger partial charge in [-0.1, -0.05) is 6.42 Å². The number of primary amides is 1. The van der Waals surface area contributed by atoms with Crippen molar-refractivity contribution < 1.29 is 4.79 Å². The topological polar surface area (TPSA) is 70.7 Å². The van der Waals surface area contributed by atoms with Crippen LogP contribution < -0.4 is 11.1 Å². The Morgan fingerprint density at radius 2 is 2.17 bits per heavy atom. The number of nitrogens with two attached hydrogens (primary N) is 1. The van der Waals surface area contributed by atoms with Gasteiger partial charge in [0.15, 0.2) is 5.96 Å². The molecular weight excluding hydrogens is 288 g/mol. The lowest BCUT2D eigenvalue weighted by Gasteiger charge is -2.35. The lowest BCUT2D eigenvalue weighted by Crippen LogP contribution is -2.47. The van der Waals surface area contributed by atoms with Gasteiger partial charge < -0.3 is 16.0 Å². The van der Waals surface area contributed by atoms with Gasteiger partial charge in [0.2, 0.25) is 5.91 Å². The third kappa shape index (κ3) is 4.18. The Hall–Kier alpha value is -1.26. The Morgan fingerprint density at radius 3 is 2.83 bits per heavy atom. The monoisotopic (exact) mass is 320 g/mol. The average Bonchev–Trinajstić information content (AvgIpc) is 3.14. The van der Waals surface area contributed by atoms with Crippen molar-refractivity contribution in [1.29, 1.82) is 0 Å². The molecule has 5 nitrogen and oxygen atoms in total. The summed E-state index contributed by atoms with van der Waals surface area (Å²) in [7, 11) is 1.86. The van der Waals surface area contributed by atoms with E-state index in [1.54, 1.807) is 0 Å². The molecule has 4 atom stereocenters. The Bertz CT molecular complexity index is 450. The molecule has 3 fully saturated rings. The van der Waals surface area contributed by atoms with E-state index in [2.05, 4.69) is 15.2 Å². The lowest BCUT2D eigenvalue weighted by molar-refractivity contribution is -0.119. The lowest BCUT2D eigenvalue weighted by atomic mass is 9.86. The number of likely N-dealkylation sites (tertiary alicyclic amines) is 1. The number of guanidine groups is 1. The molecule has 130 valence electrons. The van der Waals surface area contributed by atoms with Crippen LogP contribution >= 0.6 is 0 Å². The second-order valence-electron chi connectivity index (χ2n) is 7.82. The van der Waals surface area contributed by atoms with E-state index >= 15 is 0 Å². The van der Waals surface area contributed by atoms with Gasteiger partial charge in [0.1, 0.15) is 0 Å². The molecule has 5 heteroatoms. The predicted molar refractivity (Wildman–Crippen MR) is 93.0 cm³/mol. The molecule has 4 unspecified atom stereocenters. The fraction of sp³-hybridized carbons (Fsp3) is 0.889. The van der Waals surface area contributed by atoms with E-state index in [-0.39, 0.29) is 5.91 Å². The second kappa shape index (κ2) is 7.54. The average molecular weight is 320 g/mol. The van der Waals surface area contributed by atoms with Gasteiger partial charge >= 0.3 is 0 Å². The molecule has 0 spiro atoms. The smallest absolute Gasteiger partial charge is 0.217 e. The van der Waals surface area contributed by atoms with E-state index < -0.39 is 0 Å². The number of piperidine rings is 1. The van der Waals surface area contributed by atoms with Crippen LogP contribution in [-0.4, -0.2) is 43.4 Å². The number of fused-ring (bicyclic) bond motifs is 2.